The maximum Gasteiger partial charge on any atom is 0.269 e. The third-order valence-corrected chi connectivity index (χ3v) is 5.40. The molecule has 0 bridgehead atoms. The average Bonchev–Trinajstić information content (AvgIpc) is 3.42. The third-order valence-electron chi connectivity index (χ3n) is 4.66. The maximum absolute atomic E-state index is 12.7. The molecule has 2 aromatic carbocycles. The number of aromatic nitrogens is 3. The lowest BCUT2D eigenvalue weighted by molar-refractivity contribution is 0.0935. The van der Waals surface area contributed by atoms with Crippen molar-refractivity contribution in [1.82, 2.24) is 20.1 Å². The molecular formula is C22H18Cl2N4O. The van der Waals surface area contributed by atoms with Crippen LogP contribution in [0.4, 0.5) is 0 Å². The summed E-state index contributed by atoms with van der Waals surface area (Å²) in [4.78, 5) is 12.7. The van der Waals surface area contributed by atoms with Crippen LogP contribution in [0.25, 0.3) is 16.9 Å². The number of nitrogens with one attached hydrogen (secondary N) is 2. The van der Waals surface area contributed by atoms with Gasteiger partial charge >= 0.3 is 0 Å². The third kappa shape index (κ3) is 4.21. The number of hydrogen-bond acceptors (Lipinski definition) is 2. The predicted molar refractivity (Wildman–Crippen MR) is 116 cm³/mol. The summed E-state index contributed by atoms with van der Waals surface area (Å²) in [6, 6.07) is 18.7. The monoisotopic (exact) mass is 424 g/mol. The molecule has 0 aliphatic heterocycles. The van der Waals surface area contributed by atoms with E-state index in [1.807, 2.05) is 54.2 Å². The smallest absolute Gasteiger partial charge is 0.269 e. The second-order valence-corrected chi connectivity index (χ2v) is 7.49. The van der Waals surface area contributed by atoms with Gasteiger partial charge in [-0.25, -0.2) is 0 Å². The highest BCUT2D eigenvalue weighted by Crippen LogP contribution is 2.28. The van der Waals surface area contributed by atoms with E-state index in [2.05, 4.69) is 21.6 Å². The Kier molecular flexibility index (Phi) is 5.43. The molecule has 1 unspecified atom stereocenters. The lowest BCUT2D eigenvalue weighted by Gasteiger charge is -2.15. The fraction of sp³-hybridized carbons (Fsp3) is 0.0909. The van der Waals surface area contributed by atoms with E-state index in [9.17, 15) is 4.79 Å². The van der Waals surface area contributed by atoms with Crippen LogP contribution in [0.15, 0.2) is 73.1 Å². The van der Waals surface area contributed by atoms with E-state index in [0.29, 0.717) is 21.4 Å². The van der Waals surface area contributed by atoms with Crippen molar-refractivity contribution in [3.8, 4) is 16.9 Å². The molecule has 2 N–H and O–H groups in total. The molecule has 4 aromatic rings. The van der Waals surface area contributed by atoms with Crippen molar-refractivity contribution in [1.29, 1.82) is 0 Å². The van der Waals surface area contributed by atoms with Gasteiger partial charge in [0.15, 0.2) is 0 Å². The average molecular weight is 425 g/mol. The molecule has 1 amide bonds. The molecule has 146 valence electrons. The molecule has 0 saturated heterocycles. The van der Waals surface area contributed by atoms with Crippen LogP contribution in [0.1, 0.15) is 29.0 Å². The molecule has 5 nitrogen and oxygen atoms in total. The predicted octanol–water partition coefficient (Wildman–Crippen LogP) is 5.67. The number of halogens is 2. The minimum absolute atomic E-state index is 0.172. The van der Waals surface area contributed by atoms with Gasteiger partial charge in [0.2, 0.25) is 0 Å². The van der Waals surface area contributed by atoms with Crippen LogP contribution in [0, 0.1) is 0 Å². The molecule has 4 rings (SSSR count). The van der Waals surface area contributed by atoms with Crippen molar-refractivity contribution >= 4 is 29.1 Å². The standard InChI is InChI=1S/C22H18Cl2N4O/c1-14(15-5-4-6-17(11-15)28-9-2-3-10-28)25-22(29)21-13-20(26-27-21)16-7-8-18(23)19(24)12-16/h2-14H,1H3,(H,25,29)(H,26,27). The van der Waals surface area contributed by atoms with Crippen LogP contribution in [-0.2, 0) is 0 Å². The van der Waals surface area contributed by atoms with E-state index in [1.54, 1.807) is 24.3 Å². The van der Waals surface area contributed by atoms with Crippen LogP contribution in [0.5, 0.6) is 0 Å². The fourth-order valence-electron chi connectivity index (χ4n) is 3.06. The SMILES string of the molecule is CC(NC(=O)c1cc(-c2ccc(Cl)c(Cl)c2)n[nH]1)c1cccc(-n2cccc2)c1. The number of hydrogen-bond donors (Lipinski definition) is 2. The molecule has 2 heterocycles. The quantitative estimate of drug-likeness (QED) is 0.433. The van der Waals surface area contributed by atoms with Crippen molar-refractivity contribution in [3.63, 3.8) is 0 Å². The number of H-pyrrole nitrogens is 1. The Hall–Kier alpha value is -3.02. The fourth-order valence-corrected chi connectivity index (χ4v) is 3.36. The lowest BCUT2D eigenvalue weighted by atomic mass is 10.1. The molecule has 1 atom stereocenters. The number of nitrogens with zero attached hydrogens (tertiary/aromatic N) is 2. The van der Waals surface area contributed by atoms with Crippen LogP contribution in [0.3, 0.4) is 0 Å². The summed E-state index contributed by atoms with van der Waals surface area (Å²) in [7, 11) is 0. The molecule has 0 saturated carbocycles. The zero-order chi connectivity index (χ0) is 20.4. The van der Waals surface area contributed by atoms with Gasteiger partial charge in [-0.1, -0.05) is 41.4 Å². The van der Waals surface area contributed by atoms with Gasteiger partial charge in [0.05, 0.1) is 21.8 Å². The zero-order valence-corrected chi connectivity index (χ0v) is 17.1. The van der Waals surface area contributed by atoms with Crippen LogP contribution in [0.2, 0.25) is 10.0 Å². The Morgan fingerprint density at radius 1 is 1.03 bits per heavy atom. The van der Waals surface area contributed by atoms with Gasteiger partial charge in [-0.2, -0.15) is 5.10 Å². The number of aromatic amines is 1. The summed E-state index contributed by atoms with van der Waals surface area (Å²) in [6.45, 7) is 1.95. The van der Waals surface area contributed by atoms with Crippen LogP contribution >= 0.6 is 23.2 Å². The Bertz CT molecular complexity index is 1150. The summed E-state index contributed by atoms with van der Waals surface area (Å²) in [5, 5.41) is 10.9. The van der Waals surface area contributed by atoms with Crippen molar-refractivity contribution in [3.05, 3.63) is 94.4 Å². The second-order valence-electron chi connectivity index (χ2n) is 6.68. The highest BCUT2D eigenvalue weighted by atomic mass is 35.5. The van der Waals surface area contributed by atoms with Gasteiger partial charge in [-0.3, -0.25) is 9.89 Å². The van der Waals surface area contributed by atoms with E-state index in [4.69, 9.17) is 23.2 Å². The molecule has 7 heteroatoms. The summed E-state index contributed by atoms with van der Waals surface area (Å²) in [5.74, 6) is -0.234. The van der Waals surface area contributed by atoms with Crippen LogP contribution < -0.4 is 5.32 Å². The number of benzene rings is 2. The summed E-state index contributed by atoms with van der Waals surface area (Å²) >= 11 is 12.0. The minimum Gasteiger partial charge on any atom is -0.344 e. The molecule has 0 aliphatic carbocycles. The van der Waals surface area contributed by atoms with Crippen molar-refractivity contribution in [2.24, 2.45) is 0 Å². The lowest BCUT2D eigenvalue weighted by Crippen LogP contribution is -2.27. The van der Waals surface area contributed by atoms with E-state index in [1.165, 1.54) is 0 Å². The molecule has 0 aliphatic rings. The molecule has 0 radical (unpaired) electrons. The summed E-state index contributed by atoms with van der Waals surface area (Å²) in [5.41, 5.74) is 3.82. The summed E-state index contributed by atoms with van der Waals surface area (Å²) < 4.78 is 2.02. The first-order valence-corrected chi connectivity index (χ1v) is 9.82. The molecular weight excluding hydrogens is 407 g/mol. The van der Waals surface area contributed by atoms with E-state index < -0.39 is 0 Å². The Balaban J connectivity index is 1.49. The number of carbonyl (C=O) groups is 1. The first-order valence-electron chi connectivity index (χ1n) is 9.06. The summed E-state index contributed by atoms with van der Waals surface area (Å²) in [6.07, 6.45) is 3.97. The van der Waals surface area contributed by atoms with Crippen molar-refractivity contribution < 1.29 is 4.79 Å². The molecule has 2 aromatic heterocycles. The Morgan fingerprint density at radius 3 is 2.59 bits per heavy atom. The van der Waals surface area contributed by atoms with Crippen molar-refractivity contribution in [2.75, 3.05) is 0 Å². The number of carbonyl (C=O) groups excluding carboxylic acids is 1. The Morgan fingerprint density at radius 2 is 1.83 bits per heavy atom. The van der Waals surface area contributed by atoms with Gasteiger partial charge in [-0.05, 0) is 55.0 Å². The molecule has 29 heavy (non-hydrogen) atoms. The first kappa shape index (κ1) is 19.3. The zero-order valence-electron chi connectivity index (χ0n) is 15.6. The van der Waals surface area contributed by atoms with E-state index in [-0.39, 0.29) is 11.9 Å². The van der Waals surface area contributed by atoms with Gasteiger partial charge in [0.1, 0.15) is 5.69 Å². The number of amides is 1. The normalized spacial score (nSPS) is 12.0. The van der Waals surface area contributed by atoms with Gasteiger partial charge < -0.3 is 9.88 Å². The minimum atomic E-state index is -0.234. The largest absolute Gasteiger partial charge is 0.344 e. The van der Waals surface area contributed by atoms with Crippen LogP contribution in [-0.4, -0.2) is 20.7 Å². The van der Waals surface area contributed by atoms with E-state index >= 15 is 0 Å². The van der Waals surface area contributed by atoms with Gasteiger partial charge in [0, 0.05) is 23.6 Å². The molecule has 0 fully saturated rings. The number of rotatable bonds is 5. The van der Waals surface area contributed by atoms with Gasteiger partial charge in [0.25, 0.3) is 5.91 Å². The maximum atomic E-state index is 12.7. The topological polar surface area (TPSA) is 62.7 Å². The van der Waals surface area contributed by atoms with Crippen molar-refractivity contribution in [2.45, 2.75) is 13.0 Å². The highest BCUT2D eigenvalue weighted by molar-refractivity contribution is 6.42. The Labute approximate surface area is 178 Å². The van der Waals surface area contributed by atoms with Gasteiger partial charge in [-0.15, -0.1) is 0 Å². The molecule has 0 spiro atoms. The highest BCUT2D eigenvalue weighted by Gasteiger charge is 2.15. The first-order chi connectivity index (χ1) is 14.0. The van der Waals surface area contributed by atoms with E-state index in [0.717, 1.165) is 16.8 Å². The second kappa shape index (κ2) is 8.15.